The molecule has 1 aliphatic rings. The SMILES string of the molecule is CCS(=O)(=O)NC[C@@H]1CN(Cc2ccc(F)c(F)c2)Cc2ccnn21. The predicted molar refractivity (Wildman–Crippen MR) is 89.2 cm³/mol. The maximum absolute atomic E-state index is 13.4. The van der Waals surface area contributed by atoms with E-state index in [1.165, 1.54) is 6.07 Å². The molecule has 1 N–H and O–H groups in total. The first-order valence-electron chi connectivity index (χ1n) is 8.04. The Bertz CT molecular complexity index is 854. The number of benzene rings is 1. The van der Waals surface area contributed by atoms with Crippen molar-refractivity contribution in [2.24, 2.45) is 0 Å². The molecule has 9 heteroatoms. The van der Waals surface area contributed by atoms with Crippen molar-refractivity contribution in [1.29, 1.82) is 0 Å². The molecule has 0 saturated carbocycles. The molecule has 0 saturated heterocycles. The van der Waals surface area contributed by atoms with Crippen LogP contribution in [0.1, 0.15) is 24.2 Å². The third-order valence-corrected chi connectivity index (χ3v) is 5.63. The van der Waals surface area contributed by atoms with Crippen molar-refractivity contribution >= 4 is 10.0 Å². The first-order chi connectivity index (χ1) is 11.9. The molecule has 6 nitrogen and oxygen atoms in total. The largest absolute Gasteiger partial charge is 0.291 e. The van der Waals surface area contributed by atoms with Gasteiger partial charge < -0.3 is 0 Å². The molecule has 0 radical (unpaired) electrons. The van der Waals surface area contributed by atoms with Gasteiger partial charge in [0.1, 0.15) is 0 Å². The average Bonchev–Trinajstić information content (AvgIpc) is 3.05. The molecule has 0 amide bonds. The molecule has 0 unspecified atom stereocenters. The van der Waals surface area contributed by atoms with Crippen molar-refractivity contribution in [2.75, 3.05) is 18.8 Å². The van der Waals surface area contributed by atoms with Crippen molar-refractivity contribution in [3.05, 3.63) is 53.4 Å². The summed E-state index contributed by atoms with van der Waals surface area (Å²) in [4.78, 5) is 2.06. The van der Waals surface area contributed by atoms with Crippen LogP contribution < -0.4 is 4.72 Å². The molecule has 1 aromatic carbocycles. The fourth-order valence-electron chi connectivity index (χ4n) is 2.96. The van der Waals surface area contributed by atoms with Crippen LogP contribution in [0.15, 0.2) is 30.5 Å². The van der Waals surface area contributed by atoms with Crippen molar-refractivity contribution in [1.82, 2.24) is 19.4 Å². The van der Waals surface area contributed by atoms with Crippen molar-refractivity contribution in [2.45, 2.75) is 26.1 Å². The van der Waals surface area contributed by atoms with Crippen LogP contribution in [0.25, 0.3) is 0 Å². The lowest BCUT2D eigenvalue weighted by atomic mass is 10.1. The van der Waals surface area contributed by atoms with E-state index in [1.807, 2.05) is 10.7 Å². The van der Waals surface area contributed by atoms with Crippen LogP contribution >= 0.6 is 0 Å². The highest BCUT2D eigenvalue weighted by atomic mass is 32.2. The zero-order valence-corrected chi connectivity index (χ0v) is 14.6. The Balaban J connectivity index is 1.74. The Morgan fingerprint density at radius 1 is 1.28 bits per heavy atom. The molecule has 0 bridgehead atoms. The zero-order valence-electron chi connectivity index (χ0n) is 13.8. The quantitative estimate of drug-likeness (QED) is 0.840. The third kappa shape index (κ3) is 4.23. The molecule has 2 aromatic rings. The second-order valence-corrected chi connectivity index (χ2v) is 8.19. The number of fused-ring (bicyclic) bond motifs is 1. The van der Waals surface area contributed by atoms with Crippen LogP contribution in [0.5, 0.6) is 0 Å². The van der Waals surface area contributed by atoms with Gasteiger partial charge in [0, 0.05) is 32.4 Å². The molecular formula is C16H20F2N4O2S. The number of halogens is 2. The maximum Gasteiger partial charge on any atom is 0.211 e. The van der Waals surface area contributed by atoms with Crippen LogP contribution in [0.2, 0.25) is 0 Å². The number of nitrogens with one attached hydrogen (secondary N) is 1. The second-order valence-electron chi connectivity index (χ2n) is 6.09. The summed E-state index contributed by atoms with van der Waals surface area (Å²) in [5, 5.41) is 4.28. The maximum atomic E-state index is 13.4. The molecule has 3 rings (SSSR count). The van der Waals surface area contributed by atoms with Crippen molar-refractivity contribution < 1.29 is 17.2 Å². The molecule has 25 heavy (non-hydrogen) atoms. The topological polar surface area (TPSA) is 67.2 Å². The van der Waals surface area contributed by atoms with E-state index in [4.69, 9.17) is 0 Å². The number of aromatic nitrogens is 2. The number of nitrogens with zero attached hydrogens (tertiary/aromatic N) is 3. The van der Waals surface area contributed by atoms with Crippen LogP contribution in [-0.4, -0.2) is 41.9 Å². The summed E-state index contributed by atoms with van der Waals surface area (Å²) in [5.74, 6) is -1.72. The molecule has 0 aliphatic carbocycles. The van der Waals surface area contributed by atoms with Gasteiger partial charge in [0.2, 0.25) is 10.0 Å². The standard InChI is InChI=1S/C16H20F2N4O2S/c1-2-25(23,24)20-8-14-11-21(10-13-5-6-19-22(13)14)9-12-3-4-15(17)16(18)7-12/h3-7,14,20H,2,8-11H2,1H3/t14-/m1/s1. The Morgan fingerprint density at radius 3 is 2.80 bits per heavy atom. The van der Waals surface area contributed by atoms with E-state index in [1.54, 1.807) is 19.2 Å². The summed E-state index contributed by atoms with van der Waals surface area (Å²) < 4.78 is 54.3. The highest BCUT2D eigenvalue weighted by Gasteiger charge is 2.26. The summed E-state index contributed by atoms with van der Waals surface area (Å²) in [5.41, 5.74) is 1.62. The summed E-state index contributed by atoms with van der Waals surface area (Å²) in [7, 11) is -3.29. The third-order valence-electron chi connectivity index (χ3n) is 4.26. The summed E-state index contributed by atoms with van der Waals surface area (Å²) in [6.07, 6.45) is 1.68. The number of hydrogen-bond acceptors (Lipinski definition) is 4. The Labute approximate surface area is 145 Å². The second kappa shape index (κ2) is 7.19. The Hall–Kier alpha value is -1.84. The Morgan fingerprint density at radius 2 is 2.08 bits per heavy atom. The minimum atomic E-state index is -3.29. The van der Waals surface area contributed by atoms with Gasteiger partial charge in [-0.2, -0.15) is 5.10 Å². The van der Waals surface area contributed by atoms with Gasteiger partial charge in [-0.25, -0.2) is 21.9 Å². The molecule has 1 atom stereocenters. The van der Waals surface area contributed by atoms with Gasteiger partial charge in [-0.15, -0.1) is 0 Å². The van der Waals surface area contributed by atoms with E-state index in [9.17, 15) is 17.2 Å². The highest BCUT2D eigenvalue weighted by molar-refractivity contribution is 7.89. The Kier molecular flexibility index (Phi) is 5.16. The molecule has 0 fully saturated rings. The first kappa shape index (κ1) is 18.0. The predicted octanol–water partition coefficient (Wildman–Crippen LogP) is 1.66. The van der Waals surface area contributed by atoms with Crippen molar-refractivity contribution in [3.63, 3.8) is 0 Å². The van der Waals surface area contributed by atoms with E-state index >= 15 is 0 Å². The number of rotatable bonds is 6. The molecule has 0 spiro atoms. The molecule has 136 valence electrons. The highest BCUT2D eigenvalue weighted by Crippen LogP contribution is 2.22. The lowest BCUT2D eigenvalue weighted by Gasteiger charge is -2.34. The van der Waals surface area contributed by atoms with Gasteiger partial charge >= 0.3 is 0 Å². The fraction of sp³-hybridized carbons (Fsp3) is 0.438. The minimum Gasteiger partial charge on any atom is -0.291 e. The molecule has 2 heterocycles. The average molecular weight is 370 g/mol. The van der Waals surface area contributed by atoms with Crippen LogP contribution in [-0.2, 0) is 23.1 Å². The van der Waals surface area contributed by atoms with E-state index in [2.05, 4.69) is 14.7 Å². The van der Waals surface area contributed by atoms with E-state index in [-0.39, 0.29) is 18.3 Å². The number of hydrogen-bond donors (Lipinski definition) is 1. The fourth-order valence-corrected chi connectivity index (χ4v) is 3.61. The summed E-state index contributed by atoms with van der Waals surface area (Å²) in [6, 6.07) is 5.57. The van der Waals surface area contributed by atoms with Gasteiger partial charge in [-0.3, -0.25) is 9.58 Å². The summed E-state index contributed by atoms with van der Waals surface area (Å²) >= 11 is 0. The lowest BCUT2D eigenvalue weighted by molar-refractivity contribution is 0.168. The van der Waals surface area contributed by atoms with Crippen LogP contribution in [0, 0.1) is 11.6 Å². The van der Waals surface area contributed by atoms with E-state index in [0.717, 1.165) is 11.8 Å². The van der Waals surface area contributed by atoms with Gasteiger partial charge in [0.05, 0.1) is 17.5 Å². The lowest BCUT2D eigenvalue weighted by Crippen LogP contribution is -2.42. The van der Waals surface area contributed by atoms with E-state index in [0.29, 0.717) is 25.2 Å². The normalized spacial score (nSPS) is 18.3. The van der Waals surface area contributed by atoms with Gasteiger partial charge in [0.25, 0.3) is 0 Å². The van der Waals surface area contributed by atoms with Gasteiger partial charge in [0.15, 0.2) is 11.6 Å². The minimum absolute atomic E-state index is 0.0181. The van der Waals surface area contributed by atoms with Crippen LogP contribution in [0.3, 0.4) is 0 Å². The zero-order chi connectivity index (χ0) is 18.0. The summed E-state index contributed by atoms with van der Waals surface area (Å²) in [6.45, 7) is 3.42. The van der Waals surface area contributed by atoms with Crippen molar-refractivity contribution in [3.8, 4) is 0 Å². The van der Waals surface area contributed by atoms with Gasteiger partial charge in [-0.05, 0) is 30.7 Å². The first-order valence-corrected chi connectivity index (χ1v) is 9.69. The molecule has 1 aromatic heterocycles. The number of sulfonamides is 1. The van der Waals surface area contributed by atoms with Gasteiger partial charge in [-0.1, -0.05) is 6.07 Å². The molecular weight excluding hydrogens is 350 g/mol. The van der Waals surface area contributed by atoms with Crippen LogP contribution in [0.4, 0.5) is 8.78 Å². The monoisotopic (exact) mass is 370 g/mol. The smallest absolute Gasteiger partial charge is 0.211 e. The van der Waals surface area contributed by atoms with E-state index < -0.39 is 21.7 Å². The molecule has 1 aliphatic heterocycles.